The number of hydrogen-bond donors (Lipinski definition) is 2. The molecule has 0 saturated heterocycles. The number of amides is 1. The minimum Gasteiger partial charge on any atom is -0.505 e. The van der Waals surface area contributed by atoms with Crippen LogP contribution in [0.5, 0.6) is 5.75 Å². The van der Waals surface area contributed by atoms with Gasteiger partial charge in [0.15, 0.2) is 5.75 Å². The fourth-order valence-corrected chi connectivity index (χ4v) is 1.89. The summed E-state index contributed by atoms with van der Waals surface area (Å²) in [6, 6.07) is 3.13. The molecule has 6 nitrogen and oxygen atoms in total. The van der Waals surface area contributed by atoms with Crippen LogP contribution in [-0.2, 0) is 0 Å². The minimum absolute atomic E-state index is 0.156. The Labute approximate surface area is 96.9 Å². The second kappa shape index (κ2) is 3.65. The molecule has 2 aromatic rings. The lowest BCUT2D eigenvalue weighted by atomic mass is 10.2. The summed E-state index contributed by atoms with van der Waals surface area (Å²) in [5, 5.41) is 9.86. The van der Waals surface area contributed by atoms with Crippen LogP contribution in [-0.4, -0.2) is 20.2 Å². The van der Waals surface area contributed by atoms with Crippen LogP contribution in [0.1, 0.15) is 30.2 Å². The van der Waals surface area contributed by atoms with Gasteiger partial charge in [0.2, 0.25) is 0 Å². The van der Waals surface area contributed by atoms with Crippen molar-refractivity contribution < 1.29 is 9.90 Å². The van der Waals surface area contributed by atoms with Crippen molar-refractivity contribution >= 4 is 11.4 Å². The Kier molecular flexibility index (Phi) is 2.42. The zero-order valence-corrected chi connectivity index (χ0v) is 9.54. The number of rotatable bonds is 2. The zero-order valence-electron chi connectivity index (χ0n) is 9.54. The highest BCUT2D eigenvalue weighted by atomic mass is 16.3. The van der Waals surface area contributed by atoms with E-state index in [1.807, 2.05) is 13.8 Å². The summed E-state index contributed by atoms with van der Waals surface area (Å²) >= 11 is 0. The van der Waals surface area contributed by atoms with E-state index in [-0.39, 0.29) is 17.4 Å². The summed E-state index contributed by atoms with van der Waals surface area (Å²) in [6.07, 6.45) is 1.64. The van der Waals surface area contributed by atoms with Crippen molar-refractivity contribution in [1.82, 2.24) is 9.20 Å². The maximum absolute atomic E-state index is 12.1. The van der Waals surface area contributed by atoms with E-state index in [4.69, 9.17) is 5.73 Å². The van der Waals surface area contributed by atoms with Crippen molar-refractivity contribution in [2.75, 3.05) is 0 Å². The summed E-state index contributed by atoms with van der Waals surface area (Å²) in [6.45, 7) is 3.62. The minimum atomic E-state index is -0.925. The highest BCUT2D eigenvalue weighted by molar-refractivity contribution is 5.97. The smallest absolute Gasteiger partial charge is 0.282 e. The van der Waals surface area contributed by atoms with Gasteiger partial charge < -0.3 is 10.8 Å². The maximum Gasteiger partial charge on any atom is 0.282 e. The van der Waals surface area contributed by atoms with Crippen molar-refractivity contribution in [3.63, 3.8) is 0 Å². The van der Waals surface area contributed by atoms with Gasteiger partial charge in [-0.15, -0.1) is 0 Å². The molecular weight excluding hydrogens is 222 g/mol. The average molecular weight is 235 g/mol. The first-order valence-corrected chi connectivity index (χ1v) is 5.19. The topological polar surface area (TPSA) is 89.7 Å². The second-order valence-corrected chi connectivity index (χ2v) is 4.07. The van der Waals surface area contributed by atoms with Crippen LogP contribution in [0, 0.1) is 0 Å². The number of nitrogens with two attached hydrogens (primary N) is 1. The second-order valence-electron chi connectivity index (χ2n) is 4.07. The van der Waals surface area contributed by atoms with Crippen molar-refractivity contribution in [1.29, 1.82) is 0 Å². The highest BCUT2D eigenvalue weighted by Crippen LogP contribution is 2.22. The first kappa shape index (κ1) is 11.3. The van der Waals surface area contributed by atoms with Crippen LogP contribution in [0.3, 0.4) is 0 Å². The van der Waals surface area contributed by atoms with Crippen LogP contribution in [0.4, 0.5) is 0 Å². The molecule has 2 rings (SSSR count). The van der Waals surface area contributed by atoms with Gasteiger partial charge in [-0.05, 0) is 26.0 Å². The SMILES string of the molecule is CC(C)n1c(=O)c(C(N)=O)c(O)c2cccn21. The molecule has 2 heterocycles. The lowest BCUT2D eigenvalue weighted by Crippen LogP contribution is -2.34. The van der Waals surface area contributed by atoms with E-state index < -0.39 is 11.5 Å². The zero-order chi connectivity index (χ0) is 12.7. The molecule has 6 heteroatoms. The fourth-order valence-electron chi connectivity index (χ4n) is 1.89. The van der Waals surface area contributed by atoms with Crippen LogP contribution in [0.25, 0.3) is 5.52 Å². The van der Waals surface area contributed by atoms with Gasteiger partial charge in [-0.1, -0.05) is 0 Å². The molecule has 0 spiro atoms. The number of nitrogens with zero attached hydrogens (tertiary/aromatic N) is 2. The summed E-state index contributed by atoms with van der Waals surface area (Å²) in [5.74, 6) is -1.30. The van der Waals surface area contributed by atoms with Crippen LogP contribution >= 0.6 is 0 Å². The lowest BCUT2D eigenvalue weighted by Gasteiger charge is -2.15. The van der Waals surface area contributed by atoms with E-state index in [9.17, 15) is 14.7 Å². The molecule has 0 aliphatic carbocycles. The van der Waals surface area contributed by atoms with Gasteiger partial charge in [0.25, 0.3) is 11.5 Å². The van der Waals surface area contributed by atoms with E-state index in [1.54, 1.807) is 18.3 Å². The summed E-state index contributed by atoms with van der Waals surface area (Å²) in [7, 11) is 0. The van der Waals surface area contributed by atoms with Crippen molar-refractivity contribution in [3.8, 4) is 5.75 Å². The molecule has 2 aromatic heterocycles. The summed E-state index contributed by atoms with van der Waals surface area (Å²) in [4.78, 5) is 23.3. The Morgan fingerprint density at radius 1 is 1.47 bits per heavy atom. The number of fused-ring (bicyclic) bond motifs is 1. The van der Waals surface area contributed by atoms with E-state index in [1.165, 1.54) is 9.20 Å². The largest absolute Gasteiger partial charge is 0.505 e. The summed E-state index contributed by atoms with van der Waals surface area (Å²) < 4.78 is 2.88. The average Bonchev–Trinajstić information content (AvgIpc) is 2.65. The number of hydrogen-bond acceptors (Lipinski definition) is 3. The Morgan fingerprint density at radius 3 is 2.65 bits per heavy atom. The van der Waals surface area contributed by atoms with Crippen molar-refractivity contribution in [2.45, 2.75) is 19.9 Å². The Bertz CT molecular complexity index is 652. The molecule has 0 fully saturated rings. The molecule has 3 N–H and O–H groups in total. The highest BCUT2D eigenvalue weighted by Gasteiger charge is 2.21. The Balaban J connectivity index is 3.03. The number of carbonyl (C=O) groups excluding carboxylic acids is 1. The molecule has 0 aromatic carbocycles. The normalized spacial score (nSPS) is 11.2. The number of aromatic nitrogens is 2. The van der Waals surface area contributed by atoms with Gasteiger partial charge >= 0.3 is 0 Å². The van der Waals surface area contributed by atoms with Gasteiger partial charge in [0, 0.05) is 12.2 Å². The van der Waals surface area contributed by atoms with E-state index in [0.29, 0.717) is 5.52 Å². The molecule has 90 valence electrons. The number of primary amides is 1. The van der Waals surface area contributed by atoms with Gasteiger partial charge in [-0.2, -0.15) is 0 Å². The predicted octanol–water partition coefficient (Wildman–Crippen LogP) is 0.486. The van der Waals surface area contributed by atoms with Crippen molar-refractivity contribution in [3.05, 3.63) is 34.2 Å². The first-order valence-electron chi connectivity index (χ1n) is 5.19. The molecule has 0 unspecified atom stereocenters. The molecular formula is C11H13N3O3. The lowest BCUT2D eigenvalue weighted by molar-refractivity contribution is 0.0995. The van der Waals surface area contributed by atoms with Crippen LogP contribution in [0.15, 0.2) is 23.1 Å². The van der Waals surface area contributed by atoms with E-state index in [2.05, 4.69) is 0 Å². The van der Waals surface area contributed by atoms with Crippen LogP contribution in [0.2, 0.25) is 0 Å². The molecule has 0 aliphatic rings. The summed E-state index contributed by atoms with van der Waals surface area (Å²) in [5.41, 5.74) is 4.54. The van der Waals surface area contributed by atoms with Gasteiger partial charge in [-0.25, -0.2) is 4.68 Å². The molecule has 0 saturated carbocycles. The maximum atomic E-state index is 12.1. The van der Waals surface area contributed by atoms with Crippen molar-refractivity contribution in [2.24, 2.45) is 5.73 Å². The number of carbonyl (C=O) groups is 1. The van der Waals surface area contributed by atoms with Gasteiger partial charge in [0.05, 0.1) is 0 Å². The molecule has 1 amide bonds. The van der Waals surface area contributed by atoms with E-state index >= 15 is 0 Å². The molecule has 0 radical (unpaired) electrons. The molecule has 0 aliphatic heterocycles. The van der Waals surface area contributed by atoms with Gasteiger partial charge in [-0.3, -0.25) is 14.1 Å². The quantitative estimate of drug-likeness (QED) is 0.793. The van der Waals surface area contributed by atoms with Crippen LogP contribution < -0.4 is 11.3 Å². The monoisotopic (exact) mass is 235 g/mol. The molecule has 0 bridgehead atoms. The number of aromatic hydroxyl groups is 1. The Hall–Kier alpha value is -2.24. The first-order chi connectivity index (χ1) is 7.95. The third kappa shape index (κ3) is 1.49. The van der Waals surface area contributed by atoms with Gasteiger partial charge in [0.1, 0.15) is 11.1 Å². The third-order valence-corrected chi connectivity index (χ3v) is 2.60. The third-order valence-electron chi connectivity index (χ3n) is 2.60. The van der Waals surface area contributed by atoms with E-state index in [0.717, 1.165) is 0 Å². The fraction of sp³-hybridized carbons (Fsp3) is 0.273. The standard InChI is InChI=1S/C11H13N3O3/c1-6(2)14-11(17)8(10(12)16)9(15)7-4-3-5-13(7)14/h3-6,15H,1-2H3,(H2,12,16). The predicted molar refractivity (Wildman–Crippen MR) is 62.2 cm³/mol. The molecule has 17 heavy (non-hydrogen) atoms. The molecule has 0 atom stereocenters. The Morgan fingerprint density at radius 2 is 2.12 bits per heavy atom.